The Hall–Kier alpha value is -4.11. The van der Waals surface area contributed by atoms with E-state index in [1.165, 1.54) is 26.2 Å². The molecule has 3 rings (SSSR count). The lowest BCUT2D eigenvalue weighted by Crippen LogP contribution is -2.31. The highest BCUT2D eigenvalue weighted by atomic mass is 35.5. The van der Waals surface area contributed by atoms with Gasteiger partial charge in [0.05, 0.1) is 41.0 Å². The molecule has 0 atom stereocenters. The smallest absolute Gasteiger partial charge is 0.255 e. The van der Waals surface area contributed by atoms with Crippen LogP contribution >= 0.6 is 11.6 Å². The molecule has 0 fully saturated rings. The minimum Gasteiger partial charge on any atom is -0.493 e. The number of amides is 2. The number of halogens is 1. The summed E-state index contributed by atoms with van der Waals surface area (Å²) in [6, 6.07) is 10.3. The molecule has 9 nitrogen and oxygen atoms in total. The lowest BCUT2D eigenvalue weighted by molar-refractivity contribution is -0.114. The number of carbonyl (C=O) groups is 3. The van der Waals surface area contributed by atoms with Gasteiger partial charge >= 0.3 is 0 Å². The molecule has 0 spiro atoms. The molecule has 0 aliphatic heterocycles. The van der Waals surface area contributed by atoms with Crippen molar-refractivity contribution < 1.29 is 23.9 Å². The predicted molar refractivity (Wildman–Crippen MR) is 159 cm³/mol. The van der Waals surface area contributed by atoms with E-state index in [1.54, 1.807) is 25.1 Å². The molecular weight excluding hydrogens is 532 g/mol. The van der Waals surface area contributed by atoms with Gasteiger partial charge in [0, 0.05) is 31.3 Å². The predicted octanol–water partition coefficient (Wildman–Crippen LogP) is 5.77. The molecule has 0 radical (unpaired) electrons. The largest absolute Gasteiger partial charge is 0.493 e. The van der Waals surface area contributed by atoms with Crippen LogP contribution < -0.4 is 25.0 Å². The first-order valence-corrected chi connectivity index (χ1v) is 13.4. The first-order valence-electron chi connectivity index (χ1n) is 13.0. The fraction of sp³-hybridized carbons (Fsp3) is 0.333. The molecule has 0 saturated carbocycles. The lowest BCUT2D eigenvalue weighted by Gasteiger charge is -2.22. The lowest BCUT2D eigenvalue weighted by atomic mass is 10.0. The SMILES string of the molecule is CCN(CC)c1ccc(N=C2C=C(NC(=O)c3ccc(OC(C)C)c(OC)c3)C(=O)C(Cl)=C2C)c(NC(C)=O)c1. The molecule has 1 aliphatic rings. The molecule has 2 N–H and O–H groups in total. The van der Waals surface area contributed by atoms with Gasteiger partial charge in [-0.15, -0.1) is 0 Å². The van der Waals surface area contributed by atoms with Crippen LogP contribution in [-0.4, -0.2) is 49.6 Å². The molecule has 2 amide bonds. The van der Waals surface area contributed by atoms with Crippen LogP contribution in [0, 0.1) is 0 Å². The quantitative estimate of drug-likeness (QED) is 0.353. The van der Waals surface area contributed by atoms with Crippen LogP contribution in [0.2, 0.25) is 0 Å². The van der Waals surface area contributed by atoms with Gasteiger partial charge < -0.3 is 25.0 Å². The van der Waals surface area contributed by atoms with Gasteiger partial charge in [-0.3, -0.25) is 14.4 Å². The van der Waals surface area contributed by atoms with Crippen molar-refractivity contribution in [2.75, 3.05) is 30.4 Å². The van der Waals surface area contributed by atoms with Crippen LogP contribution in [-0.2, 0) is 9.59 Å². The molecule has 0 aromatic heterocycles. The second kappa shape index (κ2) is 13.3. The number of anilines is 2. The van der Waals surface area contributed by atoms with Gasteiger partial charge in [0.15, 0.2) is 11.5 Å². The number of benzene rings is 2. The summed E-state index contributed by atoms with van der Waals surface area (Å²) in [6.07, 6.45) is 1.40. The Morgan fingerprint density at radius 3 is 2.35 bits per heavy atom. The van der Waals surface area contributed by atoms with Crippen molar-refractivity contribution in [3.63, 3.8) is 0 Å². The van der Waals surface area contributed by atoms with Crippen molar-refractivity contribution in [3.8, 4) is 11.5 Å². The molecule has 1 aliphatic carbocycles. The van der Waals surface area contributed by atoms with Crippen molar-refractivity contribution in [2.45, 2.75) is 47.6 Å². The van der Waals surface area contributed by atoms with E-state index in [9.17, 15) is 14.4 Å². The van der Waals surface area contributed by atoms with E-state index < -0.39 is 11.7 Å². The summed E-state index contributed by atoms with van der Waals surface area (Å²) in [4.78, 5) is 44.9. The number of carbonyl (C=O) groups excluding carboxylic acids is 3. The average Bonchev–Trinajstić information content (AvgIpc) is 2.91. The molecule has 0 unspecified atom stereocenters. The molecule has 0 saturated heterocycles. The maximum absolute atomic E-state index is 13.1. The van der Waals surface area contributed by atoms with Gasteiger partial charge in [0.25, 0.3) is 5.91 Å². The number of nitrogens with one attached hydrogen (secondary N) is 2. The van der Waals surface area contributed by atoms with Crippen molar-refractivity contribution in [3.05, 3.63) is 64.3 Å². The summed E-state index contributed by atoms with van der Waals surface area (Å²) in [5, 5.41) is 5.42. The van der Waals surface area contributed by atoms with Crippen molar-refractivity contribution in [1.82, 2.24) is 5.32 Å². The molecule has 0 heterocycles. The summed E-state index contributed by atoms with van der Waals surface area (Å²) in [5.41, 5.74) is 2.99. The summed E-state index contributed by atoms with van der Waals surface area (Å²) < 4.78 is 11.1. The zero-order valence-electron chi connectivity index (χ0n) is 23.8. The number of Topliss-reactive ketones (excluding diaryl/α,β-unsaturated/α-hetero) is 1. The van der Waals surface area contributed by atoms with Crippen LogP contribution in [0.25, 0.3) is 0 Å². The zero-order valence-corrected chi connectivity index (χ0v) is 24.6. The van der Waals surface area contributed by atoms with E-state index in [4.69, 9.17) is 26.1 Å². The van der Waals surface area contributed by atoms with Gasteiger partial charge in [-0.05, 0) is 82.7 Å². The van der Waals surface area contributed by atoms with Gasteiger partial charge in [0.2, 0.25) is 11.7 Å². The Morgan fingerprint density at radius 1 is 1.05 bits per heavy atom. The van der Waals surface area contributed by atoms with Crippen LogP contribution in [0.4, 0.5) is 17.1 Å². The highest BCUT2D eigenvalue weighted by Gasteiger charge is 2.26. The number of hydrogen-bond donors (Lipinski definition) is 2. The third-order valence-electron chi connectivity index (χ3n) is 6.14. The Morgan fingerprint density at radius 2 is 1.75 bits per heavy atom. The molecule has 40 heavy (non-hydrogen) atoms. The van der Waals surface area contributed by atoms with Crippen molar-refractivity contribution >= 4 is 52.0 Å². The minimum absolute atomic E-state index is 0.0262. The number of hydrogen-bond acceptors (Lipinski definition) is 7. The van der Waals surface area contributed by atoms with Crippen LogP contribution in [0.15, 0.2) is 63.8 Å². The monoisotopic (exact) mass is 566 g/mol. The normalized spacial score (nSPS) is 14.3. The van der Waals surface area contributed by atoms with E-state index in [-0.39, 0.29) is 28.3 Å². The Labute approximate surface area is 239 Å². The minimum atomic E-state index is -0.530. The topological polar surface area (TPSA) is 109 Å². The Kier molecular flexibility index (Phi) is 10.1. The average molecular weight is 567 g/mol. The third-order valence-corrected chi connectivity index (χ3v) is 6.59. The molecule has 212 valence electrons. The second-order valence-corrected chi connectivity index (χ2v) is 9.74. The summed E-state index contributed by atoms with van der Waals surface area (Å²) >= 11 is 6.39. The molecule has 2 aromatic rings. The first kappa shape index (κ1) is 30.4. The molecule has 10 heteroatoms. The van der Waals surface area contributed by atoms with E-state index in [0.717, 1.165) is 18.8 Å². The van der Waals surface area contributed by atoms with Crippen molar-refractivity contribution in [1.29, 1.82) is 0 Å². The van der Waals surface area contributed by atoms with Crippen LogP contribution in [0.5, 0.6) is 11.5 Å². The first-order chi connectivity index (χ1) is 19.0. The molecule has 2 aromatic carbocycles. The maximum Gasteiger partial charge on any atom is 0.255 e. The van der Waals surface area contributed by atoms with E-state index >= 15 is 0 Å². The van der Waals surface area contributed by atoms with Crippen LogP contribution in [0.3, 0.4) is 0 Å². The highest BCUT2D eigenvalue weighted by Crippen LogP contribution is 2.33. The van der Waals surface area contributed by atoms with Gasteiger partial charge in [-0.1, -0.05) is 11.6 Å². The number of nitrogens with zero attached hydrogens (tertiary/aromatic N) is 2. The maximum atomic E-state index is 13.1. The van der Waals surface area contributed by atoms with E-state index in [0.29, 0.717) is 34.2 Å². The van der Waals surface area contributed by atoms with E-state index in [2.05, 4.69) is 29.4 Å². The Balaban J connectivity index is 1.99. The number of methoxy groups -OCH3 is 1. The van der Waals surface area contributed by atoms with E-state index in [1.807, 2.05) is 26.0 Å². The fourth-order valence-corrected chi connectivity index (χ4v) is 4.30. The Bertz CT molecular complexity index is 1410. The number of rotatable bonds is 10. The van der Waals surface area contributed by atoms with Gasteiger partial charge in [-0.2, -0.15) is 0 Å². The van der Waals surface area contributed by atoms with Gasteiger partial charge in [-0.25, -0.2) is 4.99 Å². The molecule has 0 bridgehead atoms. The zero-order chi connectivity index (χ0) is 29.6. The summed E-state index contributed by atoms with van der Waals surface area (Å²) in [6.45, 7) is 12.6. The van der Waals surface area contributed by atoms with Gasteiger partial charge in [0.1, 0.15) is 0 Å². The summed E-state index contributed by atoms with van der Waals surface area (Å²) in [5.74, 6) is -0.414. The fourth-order valence-electron chi connectivity index (χ4n) is 4.10. The second-order valence-electron chi connectivity index (χ2n) is 9.36. The third kappa shape index (κ3) is 7.09. The van der Waals surface area contributed by atoms with Crippen molar-refractivity contribution in [2.24, 2.45) is 4.99 Å². The van der Waals surface area contributed by atoms with Crippen LogP contribution in [0.1, 0.15) is 51.9 Å². The standard InChI is InChI=1S/C30H35ClN4O5/c1-8-35(9-2)21-11-12-22(24(15-21)32-19(6)36)33-23-16-25(29(37)28(31)18(23)5)34-30(38)20-10-13-26(40-17(3)4)27(14-20)39-7/h10-17H,8-9H2,1-7H3,(H,32,36)(H,34,38). The number of aliphatic imine (C=N–C) groups is 1. The number of allylic oxidation sites excluding steroid dienone is 3. The molecular formula is C30H35ClN4O5. The number of ketones is 1. The highest BCUT2D eigenvalue weighted by molar-refractivity contribution is 6.49. The number of ether oxygens (including phenoxy) is 2. The summed E-state index contributed by atoms with van der Waals surface area (Å²) in [7, 11) is 1.48.